The number of sulfonamides is 1. The Morgan fingerprint density at radius 3 is 2.50 bits per heavy atom. The average Bonchev–Trinajstić information content (AvgIpc) is 2.21. The zero-order valence-corrected chi connectivity index (χ0v) is 11.1. The largest absolute Gasteiger partial charge is 0.214 e. The summed E-state index contributed by atoms with van der Waals surface area (Å²) < 4.78 is 24.8. The van der Waals surface area contributed by atoms with E-state index in [0.717, 1.165) is 5.56 Å². The number of hydrogen-bond acceptors (Lipinski definition) is 2. The maximum atomic E-state index is 11.7. The maximum Gasteiger partial charge on any atom is 0.214 e. The summed E-state index contributed by atoms with van der Waals surface area (Å²) in [4.78, 5) is 0. The molecular formula is C11H16ClNO2S. The fraction of sp³-hybridized carbons (Fsp3) is 0.455. The van der Waals surface area contributed by atoms with E-state index in [2.05, 4.69) is 0 Å². The third-order valence-electron chi connectivity index (χ3n) is 2.29. The molecule has 0 bridgehead atoms. The Morgan fingerprint density at radius 1 is 1.31 bits per heavy atom. The van der Waals surface area contributed by atoms with Gasteiger partial charge < -0.3 is 0 Å². The maximum absolute atomic E-state index is 11.7. The minimum Gasteiger partial charge on any atom is -0.212 e. The second kappa shape index (κ2) is 5.66. The van der Waals surface area contributed by atoms with E-state index >= 15 is 0 Å². The molecule has 0 heterocycles. The summed E-state index contributed by atoms with van der Waals surface area (Å²) in [5, 5.41) is 0.598. The van der Waals surface area contributed by atoms with Crippen LogP contribution in [0.25, 0.3) is 0 Å². The van der Waals surface area contributed by atoms with Crippen molar-refractivity contribution in [2.24, 2.45) is 0 Å². The fourth-order valence-electron chi connectivity index (χ4n) is 1.38. The zero-order valence-electron chi connectivity index (χ0n) is 9.48. The van der Waals surface area contributed by atoms with Crippen LogP contribution in [0.2, 0.25) is 5.02 Å². The van der Waals surface area contributed by atoms with Crippen LogP contribution in [0.5, 0.6) is 0 Å². The smallest absolute Gasteiger partial charge is 0.212 e. The molecular weight excluding hydrogens is 246 g/mol. The average molecular weight is 262 g/mol. The van der Waals surface area contributed by atoms with E-state index in [0.29, 0.717) is 18.0 Å². The Balaban J connectivity index is 2.79. The first kappa shape index (κ1) is 13.5. The van der Waals surface area contributed by atoms with Gasteiger partial charge in [0.05, 0.1) is 5.75 Å². The lowest BCUT2D eigenvalue weighted by Gasteiger charge is -2.17. The molecule has 0 saturated heterocycles. The van der Waals surface area contributed by atoms with Gasteiger partial charge in [-0.3, -0.25) is 0 Å². The highest BCUT2D eigenvalue weighted by atomic mass is 35.5. The van der Waals surface area contributed by atoms with Crippen molar-refractivity contribution in [2.45, 2.75) is 19.9 Å². The summed E-state index contributed by atoms with van der Waals surface area (Å²) in [7, 11) is -1.57. The molecule has 0 aliphatic rings. The van der Waals surface area contributed by atoms with E-state index in [-0.39, 0.29) is 5.75 Å². The summed E-state index contributed by atoms with van der Waals surface area (Å²) in [6.45, 7) is 2.17. The van der Waals surface area contributed by atoms with Gasteiger partial charge in [-0.25, -0.2) is 12.7 Å². The van der Waals surface area contributed by atoms with Crippen LogP contribution in [0.4, 0.5) is 0 Å². The van der Waals surface area contributed by atoms with E-state index in [1.807, 2.05) is 25.1 Å². The van der Waals surface area contributed by atoms with Gasteiger partial charge in [-0.2, -0.15) is 0 Å². The highest BCUT2D eigenvalue weighted by Crippen LogP contribution is 2.17. The van der Waals surface area contributed by atoms with Gasteiger partial charge in [-0.15, -0.1) is 0 Å². The van der Waals surface area contributed by atoms with Crippen molar-refractivity contribution in [3.05, 3.63) is 34.9 Å². The number of benzene rings is 1. The van der Waals surface area contributed by atoms with Gasteiger partial charge in [0.2, 0.25) is 10.0 Å². The normalized spacial score (nSPS) is 12.0. The van der Waals surface area contributed by atoms with Crippen molar-refractivity contribution in [3.63, 3.8) is 0 Å². The summed E-state index contributed by atoms with van der Waals surface area (Å²) in [6.07, 6.45) is 0.620. The summed E-state index contributed by atoms with van der Waals surface area (Å²) >= 11 is 5.97. The Morgan fingerprint density at radius 2 is 1.94 bits per heavy atom. The molecule has 1 aromatic rings. The molecule has 0 aliphatic heterocycles. The van der Waals surface area contributed by atoms with Crippen LogP contribution in [0.3, 0.4) is 0 Å². The van der Waals surface area contributed by atoms with Gasteiger partial charge in [0.15, 0.2) is 0 Å². The van der Waals surface area contributed by atoms with Crippen LogP contribution >= 0.6 is 11.6 Å². The number of rotatable bonds is 5. The molecule has 16 heavy (non-hydrogen) atoms. The second-order valence-electron chi connectivity index (χ2n) is 3.66. The molecule has 0 spiro atoms. The van der Waals surface area contributed by atoms with Gasteiger partial charge in [-0.05, 0) is 18.1 Å². The van der Waals surface area contributed by atoms with Crippen molar-refractivity contribution in [2.75, 3.05) is 12.8 Å². The minimum absolute atomic E-state index is 0.175. The lowest BCUT2D eigenvalue weighted by atomic mass is 10.2. The molecule has 0 atom stereocenters. The Hall–Kier alpha value is -0.580. The Bertz CT molecular complexity index is 445. The molecule has 0 N–H and O–H groups in total. The van der Waals surface area contributed by atoms with Crippen molar-refractivity contribution in [1.29, 1.82) is 0 Å². The molecule has 0 saturated carbocycles. The predicted molar refractivity (Wildman–Crippen MR) is 67.0 cm³/mol. The highest BCUT2D eigenvalue weighted by Gasteiger charge is 2.17. The van der Waals surface area contributed by atoms with Gasteiger partial charge in [0.25, 0.3) is 0 Å². The van der Waals surface area contributed by atoms with E-state index in [1.54, 1.807) is 13.1 Å². The van der Waals surface area contributed by atoms with Crippen molar-refractivity contribution < 1.29 is 8.42 Å². The molecule has 0 amide bonds. The predicted octanol–water partition coefficient (Wildman–Crippen LogP) is 2.51. The monoisotopic (exact) mass is 261 g/mol. The molecule has 90 valence electrons. The molecule has 1 aromatic carbocycles. The highest BCUT2D eigenvalue weighted by molar-refractivity contribution is 7.89. The molecule has 0 unspecified atom stereocenters. The first-order chi connectivity index (χ1) is 7.47. The van der Waals surface area contributed by atoms with Gasteiger partial charge in [0, 0.05) is 18.6 Å². The van der Waals surface area contributed by atoms with Crippen molar-refractivity contribution >= 4 is 21.6 Å². The van der Waals surface area contributed by atoms with Crippen LogP contribution in [0.1, 0.15) is 18.9 Å². The first-order valence-electron chi connectivity index (χ1n) is 5.15. The van der Waals surface area contributed by atoms with E-state index < -0.39 is 10.0 Å². The third-order valence-corrected chi connectivity index (χ3v) is 4.66. The van der Waals surface area contributed by atoms with E-state index in [9.17, 15) is 8.42 Å². The molecule has 1 rings (SSSR count). The number of halogens is 1. The topological polar surface area (TPSA) is 37.4 Å². The Kier molecular flexibility index (Phi) is 4.77. The van der Waals surface area contributed by atoms with E-state index in [4.69, 9.17) is 11.6 Å². The lowest BCUT2D eigenvalue weighted by Crippen LogP contribution is -2.28. The van der Waals surface area contributed by atoms with Crippen molar-refractivity contribution in [3.8, 4) is 0 Å². The quantitative estimate of drug-likeness (QED) is 0.817. The van der Waals surface area contributed by atoms with Crippen LogP contribution in [-0.4, -0.2) is 25.5 Å². The zero-order chi connectivity index (χ0) is 12.2. The minimum atomic E-state index is -3.15. The standard InChI is InChI=1S/C11H16ClNO2S/c1-3-8-16(14,15)13(2)9-10-6-4-5-7-11(10)12/h4-7H,3,8-9H2,1-2H3. The van der Waals surface area contributed by atoms with Crippen LogP contribution in [-0.2, 0) is 16.6 Å². The van der Waals surface area contributed by atoms with Crippen LogP contribution < -0.4 is 0 Å². The molecule has 0 fully saturated rings. The van der Waals surface area contributed by atoms with Crippen LogP contribution in [0, 0.1) is 0 Å². The first-order valence-corrected chi connectivity index (χ1v) is 7.13. The van der Waals surface area contributed by atoms with Crippen LogP contribution in [0.15, 0.2) is 24.3 Å². The fourth-order valence-corrected chi connectivity index (χ4v) is 2.74. The van der Waals surface area contributed by atoms with Gasteiger partial charge in [-0.1, -0.05) is 36.7 Å². The van der Waals surface area contributed by atoms with Gasteiger partial charge >= 0.3 is 0 Å². The summed E-state index contributed by atoms with van der Waals surface area (Å²) in [5.74, 6) is 0.175. The Labute approximate surface area is 102 Å². The van der Waals surface area contributed by atoms with Gasteiger partial charge in [0.1, 0.15) is 0 Å². The molecule has 0 aliphatic carbocycles. The molecule has 0 radical (unpaired) electrons. The number of hydrogen-bond donors (Lipinski definition) is 0. The molecule has 0 aromatic heterocycles. The number of nitrogens with zero attached hydrogens (tertiary/aromatic N) is 1. The van der Waals surface area contributed by atoms with E-state index in [1.165, 1.54) is 4.31 Å². The lowest BCUT2D eigenvalue weighted by molar-refractivity contribution is 0.466. The third kappa shape index (κ3) is 3.47. The summed E-state index contributed by atoms with van der Waals surface area (Å²) in [5.41, 5.74) is 0.825. The summed E-state index contributed by atoms with van der Waals surface area (Å²) in [6, 6.07) is 7.27. The SMILES string of the molecule is CCCS(=O)(=O)N(C)Cc1ccccc1Cl. The molecule has 3 nitrogen and oxygen atoms in total. The van der Waals surface area contributed by atoms with Crippen molar-refractivity contribution in [1.82, 2.24) is 4.31 Å². The molecule has 5 heteroatoms. The second-order valence-corrected chi connectivity index (χ2v) is 6.27.